The Labute approximate surface area is 189 Å². The maximum Gasteiger partial charge on any atom is 0.243 e. The minimum atomic E-state index is -3.47. The molecule has 1 amide bonds. The van der Waals surface area contributed by atoms with Crippen LogP contribution in [-0.4, -0.2) is 61.0 Å². The van der Waals surface area contributed by atoms with Crippen LogP contribution in [0, 0.1) is 23.2 Å². The molecule has 0 bridgehead atoms. The van der Waals surface area contributed by atoms with Crippen LogP contribution in [0.1, 0.15) is 39.0 Å². The van der Waals surface area contributed by atoms with Crippen LogP contribution in [0.3, 0.4) is 0 Å². The number of nitriles is 1. The lowest BCUT2D eigenvalue weighted by Gasteiger charge is -2.37. The average molecular weight is 459 g/mol. The van der Waals surface area contributed by atoms with Gasteiger partial charge in [0, 0.05) is 36.9 Å². The smallest absolute Gasteiger partial charge is 0.243 e. The topological polar surface area (TPSA) is 118 Å². The van der Waals surface area contributed by atoms with E-state index in [9.17, 15) is 18.5 Å². The standard InChI is InChI=1S/C22H30N6O3S/c1-14-10-13-27(14)32(30,31)17-6-4-16(5-7-17)25-21-20-19(9-12-24-22(20)29)28(26-21)18(8-11-23)15-2-3-15/h4-7,14-15,18-21,25-26H,2-3,8-10,12-13H2,1H3,(H,24,29)/t14?,18-,19?,20?,21?/m0/s1. The van der Waals surface area contributed by atoms with Crippen molar-refractivity contribution < 1.29 is 13.2 Å². The number of hydrogen-bond acceptors (Lipinski definition) is 7. The number of hydrazine groups is 1. The molecule has 1 aromatic rings. The molecule has 3 N–H and O–H groups in total. The molecular formula is C22H30N6O3S. The van der Waals surface area contributed by atoms with Crippen LogP contribution in [-0.2, 0) is 14.8 Å². The van der Waals surface area contributed by atoms with E-state index in [4.69, 9.17) is 0 Å². The number of carbonyl (C=O) groups excluding carboxylic acids is 1. The first-order valence-electron chi connectivity index (χ1n) is 11.5. The van der Waals surface area contributed by atoms with Crippen molar-refractivity contribution in [3.63, 3.8) is 0 Å². The van der Waals surface area contributed by atoms with Crippen molar-refractivity contribution >= 4 is 21.6 Å². The third kappa shape index (κ3) is 3.77. The van der Waals surface area contributed by atoms with Gasteiger partial charge in [-0.05, 0) is 62.8 Å². The molecule has 4 unspecified atom stereocenters. The third-order valence-corrected chi connectivity index (χ3v) is 9.35. The van der Waals surface area contributed by atoms with Gasteiger partial charge in [-0.25, -0.2) is 18.9 Å². The highest BCUT2D eigenvalue weighted by molar-refractivity contribution is 7.89. The summed E-state index contributed by atoms with van der Waals surface area (Å²) < 4.78 is 27.1. The molecule has 0 spiro atoms. The maximum atomic E-state index is 12.8. The Morgan fingerprint density at radius 2 is 1.97 bits per heavy atom. The number of anilines is 1. The second-order valence-electron chi connectivity index (χ2n) is 9.38. The van der Waals surface area contributed by atoms with E-state index in [1.54, 1.807) is 24.3 Å². The third-order valence-electron chi connectivity index (χ3n) is 7.33. The van der Waals surface area contributed by atoms with Crippen LogP contribution >= 0.6 is 0 Å². The molecule has 32 heavy (non-hydrogen) atoms. The van der Waals surface area contributed by atoms with Crippen LogP contribution in [0.2, 0.25) is 0 Å². The molecule has 0 radical (unpaired) electrons. The summed E-state index contributed by atoms with van der Waals surface area (Å²) in [6, 6.07) is 9.25. The number of piperidine rings is 1. The highest BCUT2D eigenvalue weighted by Crippen LogP contribution is 2.41. The molecule has 3 aliphatic heterocycles. The van der Waals surface area contributed by atoms with Crippen molar-refractivity contribution in [1.82, 2.24) is 20.1 Å². The molecule has 3 saturated heterocycles. The predicted molar refractivity (Wildman–Crippen MR) is 118 cm³/mol. The number of amides is 1. The summed E-state index contributed by atoms with van der Waals surface area (Å²) in [6.45, 7) is 3.12. The minimum absolute atomic E-state index is 0.00576. The van der Waals surface area contributed by atoms with Crippen molar-refractivity contribution in [2.24, 2.45) is 11.8 Å². The Hall–Kier alpha value is -2.19. The van der Waals surface area contributed by atoms with Gasteiger partial charge in [0.2, 0.25) is 15.9 Å². The van der Waals surface area contributed by atoms with E-state index >= 15 is 0 Å². The summed E-state index contributed by atoms with van der Waals surface area (Å²) in [7, 11) is -3.47. The number of benzene rings is 1. The molecule has 4 fully saturated rings. The number of fused-ring (bicyclic) bond motifs is 1. The molecule has 5 atom stereocenters. The quantitative estimate of drug-likeness (QED) is 0.562. The number of hydrogen-bond donors (Lipinski definition) is 3. The van der Waals surface area contributed by atoms with E-state index in [-0.39, 0.29) is 41.0 Å². The van der Waals surface area contributed by atoms with E-state index in [0.29, 0.717) is 25.4 Å². The summed E-state index contributed by atoms with van der Waals surface area (Å²) in [5, 5.41) is 17.9. The number of sulfonamides is 1. The van der Waals surface area contributed by atoms with Gasteiger partial charge in [0.15, 0.2) is 0 Å². The number of nitrogens with one attached hydrogen (secondary N) is 3. The van der Waals surface area contributed by atoms with Gasteiger partial charge in [0.05, 0.1) is 23.3 Å². The fourth-order valence-electron chi connectivity index (χ4n) is 5.26. The van der Waals surface area contributed by atoms with Crippen molar-refractivity contribution in [2.45, 2.75) is 68.2 Å². The van der Waals surface area contributed by atoms with Gasteiger partial charge in [0.25, 0.3) is 0 Å². The van der Waals surface area contributed by atoms with Crippen LogP contribution in [0.25, 0.3) is 0 Å². The van der Waals surface area contributed by atoms with Gasteiger partial charge < -0.3 is 10.6 Å². The first-order valence-corrected chi connectivity index (χ1v) is 12.9. The van der Waals surface area contributed by atoms with Crippen LogP contribution in [0.4, 0.5) is 5.69 Å². The second kappa shape index (κ2) is 8.30. The summed E-state index contributed by atoms with van der Waals surface area (Å²) in [5.74, 6) is 0.222. The molecule has 5 rings (SSSR count). The van der Waals surface area contributed by atoms with Crippen LogP contribution in [0.5, 0.6) is 0 Å². The maximum absolute atomic E-state index is 12.8. The van der Waals surface area contributed by atoms with Crippen molar-refractivity contribution in [2.75, 3.05) is 18.4 Å². The van der Waals surface area contributed by atoms with Gasteiger partial charge in [-0.1, -0.05) is 0 Å². The zero-order chi connectivity index (χ0) is 22.5. The molecule has 3 heterocycles. The lowest BCUT2D eigenvalue weighted by atomic mass is 9.90. The van der Waals surface area contributed by atoms with E-state index in [1.165, 1.54) is 4.31 Å². The average Bonchev–Trinajstić information content (AvgIpc) is 3.53. The molecule has 10 heteroatoms. The highest BCUT2D eigenvalue weighted by atomic mass is 32.2. The normalized spacial score (nSPS) is 31.8. The molecule has 1 saturated carbocycles. The van der Waals surface area contributed by atoms with Gasteiger partial charge in [-0.2, -0.15) is 9.57 Å². The SMILES string of the molecule is CC1CCN1S(=O)(=O)c1ccc(NC2NN([C@@H](CC#N)C3CC3)C3CCNC(=O)C23)cc1. The Kier molecular flexibility index (Phi) is 5.61. The summed E-state index contributed by atoms with van der Waals surface area (Å²) in [5.41, 5.74) is 4.24. The number of carbonyl (C=O) groups is 1. The summed E-state index contributed by atoms with van der Waals surface area (Å²) in [4.78, 5) is 13.0. The largest absolute Gasteiger partial charge is 0.368 e. The molecule has 1 aromatic carbocycles. The fourth-order valence-corrected chi connectivity index (χ4v) is 6.93. The predicted octanol–water partition coefficient (Wildman–Crippen LogP) is 1.22. The number of rotatable bonds is 7. The first-order chi connectivity index (χ1) is 15.4. The van der Waals surface area contributed by atoms with E-state index in [1.807, 2.05) is 6.92 Å². The van der Waals surface area contributed by atoms with Crippen LogP contribution in [0.15, 0.2) is 29.2 Å². The Balaban J connectivity index is 1.34. The van der Waals surface area contributed by atoms with E-state index in [0.717, 1.165) is 31.4 Å². The zero-order valence-electron chi connectivity index (χ0n) is 18.2. The Morgan fingerprint density at radius 3 is 2.56 bits per heavy atom. The second-order valence-corrected chi connectivity index (χ2v) is 11.3. The Morgan fingerprint density at radius 1 is 1.22 bits per heavy atom. The zero-order valence-corrected chi connectivity index (χ0v) is 19.0. The van der Waals surface area contributed by atoms with Crippen LogP contribution < -0.4 is 16.1 Å². The molecular weight excluding hydrogens is 428 g/mol. The summed E-state index contributed by atoms with van der Waals surface area (Å²) >= 11 is 0. The lowest BCUT2D eigenvalue weighted by molar-refractivity contribution is -0.128. The number of nitrogens with zero attached hydrogens (tertiary/aromatic N) is 3. The highest BCUT2D eigenvalue weighted by Gasteiger charge is 2.51. The molecule has 0 aromatic heterocycles. The van der Waals surface area contributed by atoms with E-state index < -0.39 is 10.0 Å². The molecule has 9 nitrogen and oxygen atoms in total. The van der Waals surface area contributed by atoms with Gasteiger partial charge in [-0.3, -0.25) is 4.79 Å². The Bertz CT molecular complexity index is 1020. The van der Waals surface area contributed by atoms with Crippen molar-refractivity contribution in [3.8, 4) is 6.07 Å². The molecule has 1 aliphatic carbocycles. The summed E-state index contributed by atoms with van der Waals surface area (Å²) in [6.07, 6.45) is 4.09. The van der Waals surface area contributed by atoms with Gasteiger partial charge in [0.1, 0.15) is 6.17 Å². The van der Waals surface area contributed by atoms with Crippen molar-refractivity contribution in [3.05, 3.63) is 24.3 Å². The van der Waals surface area contributed by atoms with Gasteiger partial charge in [-0.15, -0.1) is 0 Å². The fraction of sp³-hybridized carbons (Fsp3) is 0.636. The van der Waals surface area contributed by atoms with Crippen molar-refractivity contribution in [1.29, 1.82) is 5.26 Å². The minimum Gasteiger partial charge on any atom is -0.368 e. The molecule has 4 aliphatic rings. The van der Waals surface area contributed by atoms with E-state index in [2.05, 4.69) is 27.1 Å². The van der Waals surface area contributed by atoms with Gasteiger partial charge >= 0.3 is 0 Å². The first kappa shape index (κ1) is 21.6. The monoisotopic (exact) mass is 458 g/mol. The molecule has 172 valence electrons. The lowest BCUT2D eigenvalue weighted by Crippen LogP contribution is -2.52.